The van der Waals surface area contributed by atoms with Gasteiger partial charge in [-0.25, -0.2) is 16.8 Å². The largest absolute Gasteiger partial charge is 0.269 e. The van der Waals surface area contributed by atoms with Crippen molar-refractivity contribution in [2.24, 2.45) is 0 Å². The lowest BCUT2D eigenvalue weighted by Crippen LogP contribution is -2.26. The van der Waals surface area contributed by atoms with Gasteiger partial charge in [-0.05, 0) is 48.9 Å². The van der Waals surface area contributed by atoms with Crippen molar-refractivity contribution < 1.29 is 16.8 Å². The molecule has 0 bridgehead atoms. The Hall–Kier alpha value is -1.57. The van der Waals surface area contributed by atoms with E-state index in [0.29, 0.717) is 5.69 Å². The van der Waals surface area contributed by atoms with E-state index in [2.05, 4.69) is 0 Å². The highest BCUT2D eigenvalue weighted by molar-refractivity contribution is 7.93. The Kier molecular flexibility index (Phi) is 4.75. The van der Waals surface area contributed by atoms with Crippen LogP contribution >= 0.6 is 11.6 Å². The van der Waals surface area contributed by atoms with Crippen LogP contribution in [0.25, 0.3) is 0 Å². The normalized spacial score (nSPS) is 12.2. The average Bonchev–Trinajstić information content (AvgIpc) is 2.45. The maximum atomic E-state index is 12.7. The van der Waals surface area contributed by atoms with Gasteiger partial charge in [0.05, 0.1) is 15.6 Å². The summed E-state index contributed by atoms with van der Waals surface area (Å²) in [6, 6.07) is 10.3. The number of hydrogen-bond acceptors (Lipinski definition) is 4. The zero-order valence-electron chi connectivity index (χ0n) is 12.8. The van der Waals surface area contributed by atoms with E-state index in [9.17, 15) is 16.8 Å². The van der Waals surface area contributed by atoms with Gasteiger partial charge in [-0.3, -0.25) is 4.31 Å². The van der Waals surface area contributed by atoms with E-state index in [4.69, 9.17) is 11.6 Å². The van der Waals surface area contributed by atoms with Crippen molar-refractivity contribution in [1.82, 2.24) is 0 Å². The molecule has 0 spiro atoms. The van der Waals surface area contributed by atoms with Crippen molar-refractivity contribution >= 4 is 37.1 Å². The number of nitrogens with zero attached hydrogens (tertiary/aromatic N) is 1. The predicted molar refractivity (Wildman–Crippen MR) is 91.3 cm³/mol. The van der Waals surface area contributed by atoms with Crippen LogP contribution in [0.5, 0.6) is 0 Å². The highest BCUT2D eigenvalue weighted by Crippen LogP contribution is 2.28. The third-order valence-corrected chi connectivity index (χ3v) is 6.75. The van der Waals surface area contributed by atoms with E-state index in [0.717, 1.165) is 16.1 Å². The average molecular weight is 374 g/mol. The van der Waals surface area contributed by atoms with Gasteiger partial charge in [-0.15, -0.1) is 0 Å². The zero-order chi connectivity index (χ0) is 17.4. The van der Waals surface area contributed by atoms with Crippen molar-refractivity contribution in [2.75, 3.05) is 17.6 Å². The van der Waals surface area contributed by atoms with Gasteiger partial charge >= 0.3 is 0 Å². The van der Waals surface area contributed by atoms with Gasteiger partial charge in [-0.2, -0.15) is 0 Å². The summed E-state index contributed by atoms with van der Waals surface area (Å²) in [5.74, 6) is 0. The Bertz CT molecular complexity index is 936. The lowest BCUT2D eigenvalue weighted by Gasteiger charge is -2.20. The van der Waals surface area contributed by atoms with E-state index >= 15 is 0 Å². The van der Waals surface area contributed by atoms with E-state index in [-0.39, 0.29) is 14.8 Å². The number of benzene rings is 2. The first-order valence-electron chi connectivity index (χ1n) is 6.58. The predicted octanol–water partition coefficient (Wildman–Crippen LogP) is 2.88. The summed E-state index contributed by atoms with van der Waals surface area (Å²) in [7, 11) is -5.78. The minimum atomic E-state index is -3.84. The smallest absolute Gasteiger partial charge is 0.265 e. The van der Waals surface area contributed by atoms with Crippen LogP contribution in [0.3, 0.4) is 0 Å². The molecule has 124 valence electrons. The van der Waals surface area contributed by atoms with Crippen LogP contribution in [0, 0.1) is 6.92 Å². The summed E-state index contributed by atoms with van der Waals surface area (Å²) in [5, 5.41) is 0.143. The minimum absolute atomic E-state index is 0.000503. The summed E-state index contributed by atoms with van der Waals surface area (Å²) in [5.41, 5.74) is 1.20. The van der Waals surface area contributed by atoms with Gasteiger partial charge in [-0.1, -0.05) is 17.7 Å². The maximum Gasteiger partial charge on any atom is 0.265 e. The molecule has 0 heterocycles. The molecule has 0 fully saturated rings. The number of aryl methyl sites for hydroxylation is 1. The molecule has 0 N–H and O–H groups in total. The Morgan fingerprint density at radius 2 is 1.52 bits per heavy atom. The highest BCUT2D eigenvalue weighted by atomic mass is 35.5. The van der Waals surface area contributed by atoms with E-state index < -0.39 is 19.9 Å². The van der Waals surface area contributed by atoms with Crippen molar-refractivity contribution in [3.63, 3.8) is 0 Å². The van der Waals surface area contributed by atoms with Crippen LogP contribution in [-0.2, 0) is 19.9 Å². The molecule has 0 radical (unpaired) electrons. The number of rotatable bonds is 4. The van der Waals surface area contributed by atoms with Gasteiger partial charge < -0.3 is 0 Å². The number of sulfone groups is 1. The molecule has 2 rings (SSSR count). The first-order chi connectivity index (χ1) is 10.5. The van der Waals surface area contributed by atoms with Gasteiger partial charge in [0.1, 0.15) is 4.90 Å². The lowest BCUT2D eigenvalue weighted by molar-refractivity contribution is 0.594. The summed E-state index contributed by atoms with van der Waals surface area (Å²) in [6.07, 6.45) is 1.09. The van der Waals surface area contributed by atoms with Crippen LogP contribution in [0.4, 0.5) is 5.69 Å². The second-order valence-corrected chi connectivity index (χ2v) is 9.53. The first kappa shape index (κ1) is 17.8. The summed E-state index contributed by atoms with van der Waals surface area (Å²) < 4.78 is 49.3. The van der Waals surface area contributed by atoms with Crippen LogP contribution in [0.15, 0.2) is 52.3 Å². The molecule has 2 aromatic carbocycles. The molecule has 0 unspecified atom stereocenters. The van der Waals surface area contributed by atoms with E-state index in [1.54, 1.807) is 12.1 Å². The molecule has 0 aliphatic rings. The third kappa shape index (κ3) is 3.68. The molecular formula is C15H16ClNO4S2. The number of hydrogen-bond donors (Lipinski definition) is 0. The molecule has 8 heteroatoms. The number of sulfonamides is 1. The molecular weight excluding hydrogens is 358 g/mol. The molecule has 0 aromatic heterocycles. The van der Waals surface area contributed by atoms with Gasteiger partial charge in [0.2, 0.25) is 0 Å². The van der Waals surface area contributed by atoms with Crippen molar-refractivity contribution in [1.29, 1.82) is 0 Å². The van der Waals surface area contributed by atoms with E-state index in [1.807, 2.05) is 6.92 Å². The van der Waals surface area contributed by atoms with Crippen LogP contribution in [0.1, 0.15) is 5.56 Å². The van der Waals surface area contributed by atoms with Crippen molar-refractivity contribution in [3.05, 3.63) is 53.1 Å². The lowest BCUT2D eigenvalue weighted by atomic mass is 10.2. The van der Waals surface area contributed by atoms with Crippen molar-refractivity contribution in [3.8, 4) is 0 Å². The monoisotopic (exact) mass is 373 g/mol. The molecule has 5 nitrogen and oxygen atoms in total. The molecule has 0 aliphatic carbocycles. The summed E-state index contributed by atoms with van der Waals surface area (Å²) in [4.78, 5) is 0.125. The Morgan fingerprint density at radius 3 is 2.00 bits per heavy atom. The second kappa shape index (κ2) is 6.14. The highest BCUT2D eigenvalue weighted by Gasteiger charge is 2.24. The fraction of sp³-hybridized carbons (Fsp3) is 0.200. The molecule has 2 aromatic rings. The van der Waals surface area contributed by atoms with Crippen molar-refractivity contribution in [2.45, 2.75) is 16.7 Å². The SMILES string of the molecule is Cc1ccc(S(=O)(=O)N(C)c2ccc(S(C)(=O)=O)cc2)c(Cl)c1. The fourth-order valence-corrected chi connectivity index (χ4v) is 4.40. The Balaban J connectivity index is 2.44. The Morgan fingerprint density at radius 1 is 0.957 bits per heavy atom. The fourth-order valence-electron chi connectivity index (χ4n) is 2.00. The summed E-state index contributed by atoms with van der Waals surface area (Å²) in [6.45, 7) is 1.82. The topological polar surface area (TPSA) is 71.5 Å². The first-order valence-corrected chi connectivity index (χ1v) is 10.3. The number of anilines is 1. The molecule has 0 aliphatic heterocycles. The van der Waals surface area contributed by atoms with Gasteiger partial charge in [0.25, 0.3) is 10.0 Å². The van der Waals surface area contributed by atoms with Gasteiger partial charge in [0, 0.05) is 13.3 Å². The summed E-state index contributed by atoms with van der Waals surface area (Å²) >= 11 is 6.05. The van der Waals surface area contributed by atoms with E-state index in [1.165, 1.54) is 37.4 Å². The quantitative estimate of drug-likeness (QED) is 0.826. The zero-order valence-corrected chi connectivity index (χ0v) is 15.2. The molecule has 23 heavy (non-hydrogen) atoms. The van der Waals surface area contributed by atoms with Crippen LogP contribution in [0.2, 0.25) is 5.02 Å². The second-order valence-electron chi connectivity index (χ2n) is 5.17. The molecule has 0 atom stereocenters. The standard InChI is InChI=1S/C15H16ClNO4S2/c1-11-4-9-15(14(16)10-11)23(20,21)17(2)12-5-7-13(8-6-12)22(3,18)19/h4-10H,1-3H3. The van der Waals surface area contributed by atoms with Crippen LogP contribution in [-0.4, -0.2) is 30.1 Å². The Labute approximate surface area is 141 Å². The molecule has 0 saturated heterocycles. The van der Waals surface area contributed by atoms with Crippen LogP contribution < -0.4 is 4.31 Å². The van der Waals surface area contributed by atoms with Gasteiger partial charge in [0.15, 0.2) is 9.84 Å². The third-order valence-electron chi connectivity index (χ3n) is 3.35. The number of halogens is 1. The molecule has 0 amide bonds. The molecule has 0 saturated carbocycles. The maximum absolute atomic E-state index is 12.7. The minimum Gasteiger partial charge on any atom is -0.269 e.